The molecule has 4 rings (SSSR count). The number of carbonyl (C=O) groups excluding carboxylic acids is 1. The van der Waals surface area contributed by atoms with Crippen molar-refractivity contribution in [3.05, 3.63) is 54.2 Å². The molecule has 1 saturated heterocycles. The molecule has 1 fully saturated rings. The van der Waals surface area contributed by atoms with E-state index >= 15 is 0 Å². The molecule has 0 aliphatic carbocycles. The molecule has 26 heavy (non-hydrogen) atoms. The van der Waals surface area contributed by atoms with Crippen LogP contribution in [0.1, 0.15) is 5.56 Å². The number of carbonyl (C=O) groups is 1. The predicted octanol–water partition coefficient (Wildman–Crippen LogP) is 2.72. The molecule has 1 aromatic carbocycles. The summed E-state index contributed by atoms with van der Waals surface area (Å²) < 4.78 is 5.83. The van der Waals surface area contributed by atoms with Crippen molar-refractivity contribution in [3.63, 3.8) is 0 Å². The monoisotopic (exact) mass is 349 g/mol. The van der Waals surface area contributed by atoms with Gasteiger partial charge in [-0.2, -0.15) is 0 Å². The van der Waals surface area contributed by atoms with Crippen molar-refractivity contribution in [2.45, 2.75) is 6.92 Å². The standard InChI is InChI=1S/C19H19N5O2/c1-13-4-2-5-14(10-13)22-17-7-3-6-15(23-17)16-11-21-19(26-16)24-9-8-20-18(25)12-24/h2-7,10-11H,8-9,12H2,1H3,(H,20,25)(H,22,23). The number of nitrogens with zero attached hydrogens (tertiary/aromatic N) is 3. The van der Waals surface area contributed by atoms with E-state index in [-0.39, 0.29) is 12.5 Å². The van der Waals surface area contributed by atoms with Crippen LogP contribution in [0.2, 0.25) is 0 Å². The fourth-order valence-corrected chi connectivity index (χ4v) is 2.84. The van der Waals surface area contributed by atoms with Crippen LogP contribution in [0.15, 0.2) is 53.1 Å². The second-order valence-corrected chi connectivity index (χ2v) is 6.18. The van der Waals surface area contributed by atoms with Gasteiger partial charge >= 0.3 is 0 Å². The van der Waals surface area contributed by atoms with Crippen molar-refractivity contribution in [1.29, 1.82) is 0 Å². The van der Waals surface area contributed by atoms with Gasteiger partial charge in [0, 0.05) is 18.8 Å². The summed E-state index contributed by atoms with van der Waals surface area (Å²) in [7, 11) is 0. The Morgan fingerprint density at radius 3 is 2.96 bits per heavy atom. The molecule has 1 aliphatic rings. The molecule has 7 nitrogen and oxygen atoms in total. The number of aryl methyl sites for hydroxylation is 1. The minimum Gasteiger partial charge on any atom is -0.422 e. The van der Waals surface area contributed by atoms with Crippen LogP contribution in [0.5, 0.6) is 0 Å². The summed E-state index contributed by atoms with van der Waals surface area (Å²) in [6.07, 6.45) is 1.64. The van der Waals surface area contributed by atoms with Crippen molar-refractivity contribution < 1.29 is 9.21 Å². The van der Waals surface area contributed by atoms with E-state index in [0.29, 0.717) is 30.6 Å². The van der Waals surface area contributed by atoms with Gasteiger partial charge in [0.2, 0.25) is 5.91 Å². The summed E-state index contributed by atoms with van der Waals surface area (Å²) in [6, 6.07) is 14.2. The normalized spacial score (nSPS) is 14.2. The number of piperazine rings is 1. The molecule has 2 N–H and O–H groups in total. The summed E-state index contributed by atoms with van der Waals surface area (Å²) in [4.78, 5) is 22.2. The van der Waals surface area contributed by atoms with Gasteiger partial charge in [-0.3, -0.25) is 4.79 Å². The number of anilines is 3. The van der Waals surface area contributed by atoms with Gasteiger partial charge in [0.1, 0.15) is 18.1 Å². The fraction of sp³-hybridized carbons (Fsp3) is 0.211. The first kappa shape index (κ1) is 16.1. The van der Waals surface area contributed by atoms with E-state index in [9.17, 15) is 4.79 Å². The first-order valence-corrected chi connectivity index (χ1v) is 8.46. The Kier molecular flexibility index (Phi) is 4.27. The summed E-state index contributed by atoms with van der Waals surface area (Å²) in [6.45, 7) is 3.56. The zero-order chi connectivity index (χ0) is 17.9. The molecule has 2 aromatic heterocycles. The topological polar surface area (TPSA) is 83.3 Å². The molecule has 1 amide bonds. The Bertz CT molecular complexity index is 937. The van der Waals surface area contributed by atoms with Gasteiger partial charge in [0.15, 0.2) is 5.76 Å². The Morgan fingerprint density at radius 1 is 1.23 bits per heavy atom. The predicted molar refractivity (Wildman–Crippen MR) is 99.4 cm³/mol. The lowest BCUT2D eigenvalue weighted by atomic mass is 10.2. The van der Waals surface area contributed by atoms with Crippen LogP contribution in [-0.2, 0) is 4.79 Å². The second kappa shape index (κ2) is 6.87. The highest BCUT2D eigenvalue weighted by Crippen LogP contribution is 2.25. The van der Waals surface area contributed by atoms with Crippen LogP contribution in [0.4, 0.5) is 17.5 Å². The maximum absolute atomic E-state index is 11.5. The number of amides is 1. The molecule has 0 saturated carbocycles. The highest BCUT2D eigenvalue weighted by molar-refractivity contribution is 5.81. The lowest BCUT2D eigenvalue weighted by molar-refractivity contribution is -0.120. The molecule has 0 radical (unpaired) electrons. The average molecular weight is 349 g/mol. The minimum atomic E-state index is -0.0292. The van der Waals surface area contributed by atoms with Crippen LogP contribution in [-0.4, -0.2) is 35.5 Å². The lowest BCUT2D eigenvalue weighted by Gasteiger charge is -2.24. The van der Waals surface area contributed by atoms with Crippen molar-refractivity contribution >= 4 is 23.4 Å². The number of benzene rings is 1. The number of pyridine rings is 1. The smallest absolute Gasteiger partial charge is 0.298 e. The third-order valence-corrected chi connectivity index (χ3v) is 4.09. The molecule has 132 valence electrons. The number of aromatic nitrogens is 2. The quantitative estimate of drug-likeness (QED) is 0.753. The first-order valence-electron chi connectivity index (χ1n) is 8.46. The Labute approximate surface area is 151 Å². The number of oxazole rings is 1. The van der Waals surface area contributed by atoms with Crippen LogP contribution >= 0.6 is 0 Å². The maximum Gasteiger partial charge on any atom is 0.298 e. The Hall–Kier alpha value is -3.35. The van der Waals surface area contributed by atoms with E-state index in [2.05, 4.69) is 26.7 Å². The molecule has 3 heterocycles. The van der Waals surface area contributed by atoms with Crippen molar-refractivity contribution in [2.24, 2.45) is 0 Å². The molecule has 0 spiro atoms. The Balaban J connectivity index is 1.54. The molecule has 3 aromatic rings. The highest BCUT2D eigenvalue weighted by atomic mass is 16.4. The van der Waals surface area contributed by atoms with Crippen molar-refractivity contribution in [2.75, 3.05) is 29.9 Å². The highest BCUT2D eigenvalue weighted by Gasteiger charge is 2.21. The summed E-state index contributed by atoms with van der Waals surface area (Å²) in [5.41, 5.74) is 2.84. The third-order valence-electron chi connectivity index (χ3n) is 4.09. The SMILES string of the molecule is Cc1cccc(Nc2cccc(-c3cnc(N4CCNC(=O)C4)o3)n2)c1. The van der Waals surface area contributed by atoms with Gasteiger partial charge in [0.05, 0.1) is 6.20 Å². The molecular weight excluding hydrogens is 330 g/mol. The van der Waals surface area contributed by atoms with Gasteiger partial charge in [0.25, 0.3) is 6.01 Å². The molecule has 1 aliphatic heterocycles. The first-order chi connectivity index (χ1) is 12.7. The van der Waals surface area contributed by atoms with Crippen LogP contribution in [0.3, 0.4) is 0 Å². The summed E-state index contributed by atoms with van der Waals surface area (Å²) >= 11 is 0. The summed E-state index contributed by atoms with van der Waals surface area (Å²) in [5.74, 6) is 1.26. The molecule has 0 unspecified atom stereocenters. The van der Waals surface area contributed by atoms with Gasteiger partial charge in [-0.05, 0) is 36.8 Å². The number of nitrogens with one attached hydrogen (secondary N) is 2. The van der Waals surface area contributed by atoms with Crippen LogP contribution in [0, 0.1) is 6.92 Å². The fourth-order valence-electron chi connectivity index (χ4n) is 2.84. The van der Waals surface area contributed by atoms with Crippen molar-refractivity contribution in [3.8, 4) is 11.5 Å². The van der Waals surface area contributed by atoms with E-state index < -0.39 is 0 Å². The Morgan fingerprint density at radius 2 is 2.12 bits per heavy atom. The third kappa shape index (κ3) is 3.51. The zero-order valence-corrected chi connectivity index (χ0v) is 14.4. The van der Waals surface area contributed by atoms with Gasteiger partial charge in [-0.1, -0.05) is 18.2 Å². The van der Waals surface area contributed by atoms with Crippen LogP contribution in [0.25, 0.3) is 11.5 Å². The number of rotatable bonds is 4. The van der Waals surface area contributed by atoms with E-state index in [1.165, 1.54) is 5.56 Å². The van der Waals surface area contributed by atoms with Crippen molar-refractivity contribution in [1.82, 2.24) is 15.3 Å². The second-order valence-electron chi connectivity index (χ2n) is 6.18. The van der Waals surface area contributed by atoms with Gasteiger partial charge < -0.3 is 20.0 Å². The molecule has 0 bridgehead atoms. The maximum atomic E-state index is 11.5. The average Bonchev–Trinajstić information content (AvgIpc) is 3.12. The van der Waals surface area contributed by atoms with E-state index in [4.69, 9.17) is 4.42 Å². The van der Waals surface area contributed by atoms with Gasteiger partial charge in [-0.15, -0.1) is 0 Å². The minimum absolute atomic E-state index is 0.0292. The van der Waals surface area contributed by atoms with E-state index in [1.54, 1.807) is 6.20 Å². The van der Waals surface area contributed by atoms with Gasteiger partial charge in [-0.25, -0.2) is 9.97 Å². The van der Waals surface area contributed by atoms with E-state index in [0.717, 1.165) is 11.5 Å². The lowest BCUT2D eigenvalue weighted by Crippen LogP contribution is -2.47. The largest absolute Gasteiger partial charge is 0.422 e. The van der Waals surface area contributed by atoms with E-state index in [1.807, 2.05) is 48.2 Å². The summed E-state index contributed by atoms with van der Waals surface area (Å²) in [5, 5.41) is 6.08. The molecule has 0 atom stereocenters. The number of hydrogen-bond donors (Lipinski definition) is 2. The van der Waals surface area contributed by atoms with Crippen LogP contribution < -0.4 is 15.5 Å². The zero-order valence-electron chi connectivity index (χ0n) is 14.4. The molecular formula is C19H19N5O2. The number of hydrogen-bond acceptors (Lipinski definition) is 6. The molecule has 7 heteroatoms.